The number of hydrogen-bond donors (Lipinski definition) is 1. The van der Waals surface area contributed by atoms with Gasteiger partial charge in [0.2, 0.25) is 10.0 Å². The second-order valence-electron chi connectivity index (χ2n) is 5.27. The Morgan fingerprint density at radius 3 is 2.40 bits per heavy atom. The standard InChI is InChI=1S/C15H21NO3S/c1-2-3-4-11-16-20(18,19)14-9-7-13(8-10-14)15(17)12-5-6-12/h7-10,12,16H,2-6,11H2,1H3. The zero-order valence-electron chi connectivity index (χ0n) is 11.8. The van der Waals surface area contributed by atoms with Crippen LogP contribution in [0.5, 0.6) is 0 Å². The number of rotatable bonds is 8. The summed E-state index contributed by atoms with van der Waals surface area (Å²) < 4.78 is 26.6. The number of hydrogen-bond acceptors (Lipinski definition) is 3. The summed E-state index contributed by atoms with van der Waals surface area (Å²) in [5.41, 5.74) is 0.609. The highest BCUT2D eigenvalue weighted by atomic mass is 32.2. The van der Waals surface area contributed by atoms with Crippen molar-refractivity contribution in [3.63, 3.8) is 0 Å². The summed E-state index contributed by atoms with van der Waals surface area (Å²) in [5.74, 6) is 0.287. The van der Waals surface area contributed by atoms with Gasteiger partial charge in [-0.15, -0.1) is 0 Å². The second kappa shape index (κ2) is 6.50. The van der Waals surface area contributed by atoms with Crippen LogP contribution in [0.25, 0.3) is 0 Å². The maximum Gasteiger partial charge on any atom is 0.240 e. The average molecular weight is 295 g/mol. The molecule has 0 bridgehead atoms. The summed E-state index contributed by atoms with van der Waals surface area (Å²) in [7, 11) is -3.45. The van der Waals surface area contributed by atoms with Gasteiger partial charge in [0, 0.05) is 18.0 Å². The molecule has 110 valence electrons. The third-order valence-corrected chi connectivity index (χ3v) is 4.95. The zero-order valence-corrected chi connectivity index (χ0v) is 12.6. The predicted molar refractivity (Wildman–Crippen MR) is 78.2 cm³/mol. The maximum absolute atomic E-state index is 12.0. The lowest BCUT2D eigenvalue weighted by Gasteiger charge is -2.07. The molecule has 0 aromatic heterocycles. The van der Waals surface area contributed by atoms with Gasteiger partial charge in [0.1, 0.15) is 0 Å². The van der Waals surface area contributed by atoms with E-state index in [4.69, 9.17) is 0 Å². The molecule has 0 radical (unpaired) electrons. The van der Waals surface area contributed by atoms with Gasteiger partial charge in [-0.1, -0.05) is 31.9 Å². The fourth-order valence-corrected chi connectivity index (χ4v) is 3.12. The first kappa shape index (κ1) is 15.2. The highest BCUT2D eigenvalue weighted by Crippen LogP contribution is 2.32. The second-order valence-corrected chi connectivity index (χ2v) is 7.03. The molecule has 1 N–H and O–H groups in total. The summed E-state index contributed by atoms with van der Waals surface area (Å²) >= 11 is 0. The first-order chi connectivity index (χ1) is 9.54. The molecule has 1 aromatic carbocycles. The van der Waals surface area contributed by atoms with E-state index in [1.807, 2.05) is 0 Å². The van der Waals surface area contributed by atoms with E-state index in [2.05, 4.69) is 11.6 Å². The molecule has 0 heterocycles. The Balaban J connectivity index is 1.99. The van der Waals surface area contributed by atoms with Crippen LogP contribution in [0.4, 0.5) is 0 Å². The molecule has 1 saturated carbocycles. The van der Waals surface area contributed by atoms with Crippen molar-refractivity contribution in [2.45, 2.75) is 43.9 Å². The Kier molecular flexibility index (Phi) is 4.94. The van der Waals surface area contributed by atoms with Gasteiger partial charge in [-0.3, -0.25) is 4.79 Å². The quantitative estimate of drug-likeness (QED) is 0.592. The molecule has 2 rings (SSSR count). The van der Waals surface area contributed by atoms with Crippen molar-refractivity contribution in [1.82, 2.24) is 4.72 Å². The number of nitrogens with one attached hydrogen (secondary N) is 1. The fourth-order valence-electron chi connectivity index (χ4n) is 2.04. The molecule has 1 aromatic rings. The minimum absolute atomic E-state index is 0.129. The molecule has 1 fully saturated rings. The minimum atomic E-state index is -3.45. The average Bonchev–Trinajstić information content (AvgIpc) is 3.28. The van der Waals surface area contributed by atoms with Gasteiger partial charge in [0.05, 0.1) is 4.90 Å². The molecular formula is C15H21NO3S. The number of benzene rings is 1. The van der Waals surface area contributed by atoms with Crippen molar-refractivity contribution in [1.29, 1.82) is 0 Å². The lowest BCUT2D eigenvalue weighted by atomic mass is 10.1. The maximum atomic E-state index is 12.0. The van der Waals surface area contributed by atoms with E-state index in [1.54, 1.807) is 12.1 Å². The van der Waals surface area contributed by atoms with E-state index < -0.39 is 10.0 Å². The van der Waals surface area contributed by atoms with Crippen molar-refractivity contribution in [2.24, 2.45) is 5.92 Å². The lowest BCUT2D eigenvalue weighted by molar-refractivity contribution is 0.0967. The molecule has 20 heavy (non-hydrogen) atoms. The Morgan fingerprint density at radius 2 is 1.85 bits per heavy atom. The van der Waals surface area contributed by atoms with Gasteiger partial charge in [-0.2, -0.15) is 0 Å². The first-order valence-corrected chi connectivity index (χ1v) is 8.67. The summed E-state index contributed by atoms with van der Waals surface area (Å²) in [6.45, 7) is 2.53. The molecule has 1 aliphatic rings. The van der Waals surface area contributed by atoms with Gasteiger partial charge in [0.25, 0.3) is 0 Å². The van der Waals surface area contributed by atoms with Gasteiger partial charge in [-0.25, -0.2) is 13.1 Å². The summed E-state index contributed by atoms with van der Waals surface area (Å²) in [4.78, 5) is 12.1. The summed E-state index contributed by atoms with van der Waals surface area (Å²) in [5, 5.41) is 0. The molecule has 0 spiro atoms. The number of unbranched alkanes of at least 4 members (excludes halogenated alkanes) is 2. The number of sulfonamides is 1. The molecule has 1 aliphatic carbocycles. The Labute approximate surface area is 120 Å². The number of Topliss-reactive ketones (excluding diaryl/α,β-unsaturated/α-hetero) is 1. The van der Waals surface area contributed by atoms with E-state index in [0.29, 0.717) is 12.1 Å². The topological polar surface area (TPSA) is 63.2 Å². The monoisotopic (exact) mass is 295 g/mol. The first-order valence-electron chi connectivity index (χ1n) is 7.18. The Bertz CT molecular complexity index is 559. The Morgan fingerprint density at radius 1 is 1.20 bits per heavy atom. The van der Waals surface area contributed by atoms with Gasteiger partial charge in [0.15, 0.2) is 5.78 Å². The SMILES string of the molecule is CCCCCNS(=O)(=O)c1ccc(C(=O)C2CC2)cc1. The highest BCUT2D eigenvalue weighted by molar-refractivity contribution is 7.89. The molecule has 4 nitrogen and oxygen atoms in total. The highest BCUT2D eigenvalue weighted by Gasteiger charge is 2.30. The van der Waals surface area contributed by atoms with E-state index >= 15 is 0 Å². The van der Waals surface area contributed by atoms with Crippen LogP contribution >= 0.6 is 0 Å². The summed E-state index contributed by atoms with van der Waals surface area (Å²) in [6, 6.07) is 6.25. The normalized spacial score (nSPS) is 15.2. The van der Waals surface area contributed by atoms with Crippen LogP contribution in [-0.4, -0.2) is 20.7 Å². The van der Waals surface area contributed by atoms with Crippen molar-refractivity contribution >= 4 is 15.8 Å². The number of ketones is 1. The number of carbonyl (C=O) groups is 1. The van der Waals surface area contributed by atoms with Gasteiger partial charge < -0.3 is 0 Å². The van der Waals surface area contributed by atoms with Crippen molar-refractivity contribution in [2.75, 3.05) is 6.54 Å². The summed E-state index contributed by atoms with van der Waals surface area (Å²) in [6.07, 6.45) is 4.82. The largest absolute Gasteiger partial charge is 0.294 e. The van der Waals surface area contributed by atoms with Crippen molar-refractivity contribution in [3.05, 3.63) is 29.8 Å². The number of carbonyl (C=O) groups excluding carboxylic acids is 1. The van der Waals surface area contributed by atoms with Crippen LogP contribution in [0.2, 0.25) is 0 Å². The third-order valence-electron chi connectivity index (χ3n) is 3.47. The fraction of sp³-hybridized carbons (Fsp3) is 0.533. The molecular weight excluding hydrogens is 274 g/mol. The van der Waals surface area contributed by atoms with E-state index in [-0.39, 0.29) is 16.6 Å². The van der Waals surface area contributed by atoms with Crippen molar-refractivity contribution in [3.8, 4) is 0 Å². The van der Waals surface area contributed by atoms with Crippen LogP contribution in [0.15, 0.2) is 29.2 Å². The van der Waals surface area contributed by atoms with Crippen LogP contribution in [0.3, 0.4) is 0 Å². The van der Waals surface area contributed by atoms with E-state index in [9.17, 15) is 13.2 Å². The van der Waals surface area contributed by atoms with E-state index in [0.717, 1.165) is 32.1 Å². The van der Waals surface area contributed by atoms with Crippen LogP contribution in [0.1, 0.15) is 49.4 Å². The van der Waals surface area contributed by atoms with Gasteiger partial charge >= 0.3 is 0 Å². The Hall–Kier alpha value is -1.20. The van der Waals surface area contributed by atoms with Crippen LogP contribution in [-0.2, 0) is 10.0 Å². The van der Waals surface area contributed by atoms with E-state index in [1.165, 1.54) is 12.1 Å². The molecule has 0 saturated heterocycles. The molecule has 0 unspecified atom stereocenters. The molecule has 0 atom stereocenters. The van der Waals surface area contributed by atoms with Crippen LogP contribution in [0, 0.1) is 5.92 Å². The zero-order chi connectivity index (χ0) is 14.6. The molecule has 5 heteroatoms. The third kappa shape index (κ3) is 3.90. The predicted octanol–water partition coefficient (Wildman–Crippen LogP) is 2.75. The molecule has 0 amide bonds. The van der Waals surface area contributed by atoms with Crippen molar-refractivity contribution < 1.29 is 13.2 Å². The molecule has 0 aliphatic heterocycles. The minimum Gasteiger partial charge on any atom is -0.294 e. The van der Waals surface area contributed by atoms with Gasteiger partial charge in [-0.05, 0) is 31.4 Å². The lowest BCUT2D eigenvalue weighted by Crippen LogP contribution is -2.24. The smallest absolute Gasteiger partial charge is 0.240 e. The van der Waals surface area contributed by atoms with Crippen LogP contribution < -0.4 is 4.72 Å².